The first-order chi connectivity index (χ1) is 14.5. The maximum absolute atomic E-state index is 13.5. The van der Waals surface area contributed by atoms with Crippen LogP contribution < -0.4 is 10.1 Å². The average Bonchev–Trinajstić information content (AvgIpc) is 3.03. The number of hydrogen-bond acceptors (Lipinski definition) is 3. The van der Waals surface area contributed by atoms with Gasteiger partial charge in [-0.05, 0) is 61.2 Å². The molecule has 2 aromatic carbocycles. The molecule has 0 unspecified atom stereocenters. The predicted octanol–water partition coefficient (Wildman–Crippen LogP) is 5.28. The van der Waals surface area contributed by atoms with Crippen molar-refractivity contribution in [2.45, 2.75) is 32.6 Å². The molecule has 3 aromatic rings. The van der Waals surface area contributed by atoms with Gasteiger partial charge in [-0.15, -0.1) is 0 Å². The van der Waals surface area contributed by atoms with E-state index in [-0.39, 0.29) is 5.91 Å². The monoisotopic (exact) mass is 446 g/mol. The summed E-state index contributed by atoms with van der Waals surface area (Å²) >= 11 is 12.4. The van der Waals surface area contributed by atoms with Gasteiger partial charge < -0.3 is 10.1 Å². The molecule has 7 heteroatoms. The van der Waals surface area contributed by atoms with E-state index in [1.807, 2.05) is 6.07 Å². The van der Waals surface area contributed by atoms with Gasteiger partial charge in [0.25, 0.3) is 5.91 Å². The van der Waals surface area contributed by atoms with Crippen LogP contribution in [-0.4, -0.2) is 30.5 Å². The van der Waals surface area contributed by atoms with Crippen molar-refractivity contribution in [2.75, 3.05) is 13.7 Å². The van der Waals surface area contributed by atoms with Crippen LogP contribution in [0.4, 0.5) is 0 Å². The minimum Gasteiger partial charge on any atom is -0.495 e. The number of methoxy groups -OCH3 is 1. The third kappa shape index (κ3) is 4.47. The van der Waals surface area contributed by atoms with E-state index >= 15 is 0 Å². The van der Waals surface area contributed by atoms with Gasteiger partial charge in [-0.25, -0.2) is 0 Å². The standard InChI is InChI=1S/C23H24Cl2N2O3/c1-3-4-5-20-17(10-11-26-14-28)18-12-22(30-2)19(25)13-21(18)27(20)23(29)15-6-8-16(24)9-7-15/h6-9,12-14H,3-5,10-11H2,1-2H3,(H,26,28). The molecule has 0 aliphatic rings. The van der Waals surface area contributed by atoms with E-state index in [1.54, 1.807) is 42.0 Å². The summed E-state index contributed by atoms with van der Waals surface area (Å²) in [4.78, 5) is 24.3. The van der Waals surface area contributed by atoms with Crippen molar-refractivity contribution in [3.63, 3.8) is 0 Å². The Labute approximate surface area is 185 Å². The fraction of sp³-hybridized carbons (Fsp3) is 0.304. The number of nitrogens with zero attached hydrogens (tertiary/aromatic N) is 1. The Kier molecular flexibility index (Phi) is 7.40. The summed E-state index contributed by atoms with van der Waals surface area (Å²) in [6, 6.07) is 10.5. The van der Waals surface area contributed by atoms with Crippen LogP contribution in [0.2, 0.25) is 10.0 Å². The van der Waals surface area contributed by atoms with E-state index in [1.165, 1.54) is 0 Å². The SMILES string of the molecule is CCCCc1c(CCNC=O)c2cc(OC)c(Cl)cc2n1C(=O)c1ccc(Cl)cc1. The quantitative estimate of drug-likeness (QED) is 0.359. The minimum atomic E-state index is -0.140. The molecule has 0 aliphatic heterocycles. The molecule has 0 saturated carbocycles. The third-order valence-corrected chi connectivity index (χ3v) is 5.67. The number of halogens is 2. The third-order valence-electron chi connectivity index (χ3n) is 5.12. The molecule has 0 saturated heterocycles. The normalized spacial score (nSPS) is 10.9. The van der Waals surface area contributed by atoms with Crippen molar-refractivity contribution in [3.05, 3.63) is 63.3 Å². The minimum absolute atomic E-state index is 0.140. The molecule has 3 rings (SSSR count). The zero-order valence-corrected chi connectivity index (χ0v) is 18.5. The summed E-state index contributed by atoms with van der Waals surface area (Å²) in [6.07, 6.45) is 3.94. The van der Waals surface area contributed by atoms with Crippen molar-refractivity contribution in [1.82, 2.24) is 9.88 Å². The summed E-state index contributed by atoms with van der Waals surface area (Å²) in [5.41, 5.74) is 3.22. The van der Waals surface area contributed by atoms with E-state index < -0.39 is 0 Å². The molecule has 1 N–H and O–H groups in total. The maximum atomic E-state index is 13.5. The molecule has 1 amide bonds. The first-order valence-corrected chi connectivity index (χ1v) is 10.6. The molecule has 0 radical (unpaired) electrons. The molecule has 0 spiro atoms. The highest BCUT2D eigenvalue weighted by molar-refractivity contribution is 6.33. The van der Waals surface area contributed by atoms with Crippen molar-refractivity contribution in [2.24, 2.45) is 0 Å². The number of nitrogens with one attached hydrogen (secondary N) is 1. The molecule has 1 aromatic heterocycles. The lowest BCUT2D eigenvalue weighted by molar-refractivity contribution is -0.109. The number of benzene rings is 2. The molecular formula is C23H24Cl2N2O3. The van der Waals surface area contributed by atoms with Crippen LogP contribution in [0, 0.1) is 0 Å². The van der Waals surface area contributed by atoms with E-state index in [0.29, 0.717) is 40.7 Å². The zero-order chi connectivity index (χ0) is 21.7. The number of rotatable bonds is 9. The first-order valence-electron chi connectivity index (χ1n) is 9.88. The number of aromatic nitrogens is 1. The van der Waals surface area contributed by atoms with E-state index in [2.05, 4.69) is 12.2 Å². The van der Waals surface area contributed by atoms with Crippen LogP contribution >= 0.6 is 23.2 Å². The fourth-order valence-electron chi connectivity index (χ4n) is 3.66. The highest BCUT2D eigenvalue weighted by atomic mass is 35.5. The van der Waals surface area contributed by atoms with Crippen LogP contribution in [-0.2, 0) is 17.6 Å². The van der Waals surface area contributed by atoms with Crippen LogP contribution in [0.25, 0.3) is 10.9 Å². The van der Waals surface area contributed by atoms with Gasteiger partial charge in [0.05, 0.1) is 17.6 Å². The summed E-state index contributed by atoms with van der Waals surface area (Å²) in [5, 5.41) is 4.62. The second-order valence-corrected chi connectivity index (χ2v) is 7.85. The average molecular weight is 447 g/mol. The van der Waals surface area contributed by atoms with E-state index in [0.717, 1.165) is 41.4 Å². The van der Waals surface area contributed by atoms with Gasteiger partial charge >= 0.3 is 0 Å². The molecule has 1 heterocycles. The number of fused-ring (bicyclic) bond motifs is 1. The smallest absolute Gasteiger partial charge is 0.262 e. The van der Waals surface area contributed by atoms with E-state index in [4.69, 9.17) is 27.9 Å². The number of amides is 1. The summed E-state index contributed by atoms with van der Waals surface area (Å²) < 4.78 is 7.16. The highest BCUT2D eigenvalue weighted by Gasteiger charge is 2.23. The number of unbranched alkanes of at least 4 members (excludes halogenated alkanes) is 1. The predicted molar refractivity (Wildman–Crippen MR) is 121 cm³/mol. The van der Waals surface area contributed by atoms with Gasteiger partial charge in [0, 0.05) is 28.2 Å². The maximum Gasteiger partial charge on any atom is 0.262 e. The van der Waals surface area contributed by atoms with Gasteiger partial charge in [-0.3, -0.25) is 14.2 Å². The second kappa shape index (κ2) is 10.0. The molecule has 0 aliphatic carbocycles. The Morgan fingerprint density at radius 3 is 2.53 bits per heavy atom. The summed E-state index contributed by atoms with van der Waals surface area (Å²) in [5.74, 6) is 0.408. The zero-order valence-electron chi connectivity index (χ0n) is 17.0. The Bertz CT molecular complexity index is 1060. The van der Waals surface area contributed by atoms with Crippen molar-refractivity contribution >= 4 is 46.4 Å². The van der Waals surface area contributed by atoms with Gasteiger partial charge in [-0.2, -0.15) is 0 Å². The molecule has 30 heavy (non-hydrogen) atoms. The Hall–Kier alpha value is -2.50. The molecule has 0 atom stereocenters. The highest BCUT2D eigenvalue weighted by Crippen LogP contribution is 2.36. The van der Waals surface area contributed by atoms with Gasteiger partial charge in [-0.1, -0.05) is 36.5 Å². The number of hydrogen-bond donors (Lipinski definition) is 1. The van der Waals surface area contributed by atoms with Crippen molar-refractivity contribution in [3.8, 4) is 5.75 Å². The van der Waals surface area contributed by atoms with Crippen LogP contribution in [0.15, 0.2) is 36.4 Å². The molecular weight excluding hydrogens is 423 g/mol. The Morgan fingerprint density at radius 2 is 1.90 bits per heavy atom. The molecule has 0 bridgehead atoms. The summed E-state index contributed by atoms with van der Waals surface area (Å²) in [6.45, 7) is 2.59. The lowest BCUT2D eigenvalue weighted by Gasteiger charge is -2.12. The number of ether oxygens (including phenoxy) is 1. The van der Waals surface area contributed by atoms with Crippen molar-refractivity contribution in [1.29, 1.82) is 0 Å². The molecule has 0 fully saturated rings. The Balaban J connectivity index is 2.25. The van der Waals surface area contributed by atoms with Crippen LogP contribution in [0.1, 0.15) is 41.4 Å². The fourth-order valence-corrected chi connectivity index (χ4v) is 4.02. The lowest BCUT2D eigenvalue weighted by atomic mass is 10.0. The van der Waals surface area contributed by atoms with E-state index in [9.17, 15) is 9.59 Å². The molecule has 5 nitrogen and oxygen atoms in total. The van der Waals surface area contributed by atoms with Crippen LogP contribution in [0.3, 0.4) is 0 Å². The van der Waals surface area contributed by atoms with Crippen LogP contribution in [0.5, 0.6) is 5.75 Å². The number of carbonyl (C=O) groups is 2. The van der Waals surface area contributed by atoms with Gasteiger partial charge in [0.15, 0.2) is 0 Å². The lowest BCUT2D eigenvalue weighted by Crippen LogP contribution is -2.18. The second-order valence-electron chi connectivity index (χ2n) is 7.00. The largest absolute Gasteiger partial charge is 0.495 e. The van der Waals surface area contributed by atoms with Gasteiger partial charge in [0.2, 0.25) is 6.41 Å². The van der Waals surface area contributed by atoms with Crippen molar-refractivity contribution < 1.29 is 14.3 Å². The van der Waals surface area contributed by atoms with Gasteiger partial charge in [0.1, 0.15) is 5.75 Å². The Morgan fingerprint density at radius 1 is 1.17 bits per heavy atom. The topological polar surface area (TPSA) is 60.3 Å². The first kappa shape index (κ1) is 22.2. The molecule has 158 valence electrons. The number of carbonyl (C=O) groups excluding carboxylic acids is 2. The summed E-state index contributed by atoms with van der Waals surface area (Å²) in [7, 11) is 1.56.